The van der Waals surface area contributed by atoms with Gasteiger partial charge in [-0.1, -0.05) is 83.2 Å². The number of ether oxygens (including phenoxy) is 1. The molecule has 5 rings (SSSR count). The van der Waals surface area contributed by atoms with E-state index in [2.05, 4.69) is 27.8 Å². The van der Waals surface area contributed by atoms with Crippen LogP contribution < -0.4 is 21.3 Å². The highest BCUT2D eigenvalue weighted by Gasteiger charge is 2.49. The molecule has 402 valence electrons. The van der Waals surface area contributed by atoms with E-state index in [1.807, 2.05) is 83.5 Å². The molecule has 19 heteroatoms. The maximum atomic E-state index is 15.4. The molecule has 0 unspecified atom stereocenters. The van der Waals surface area contributed by atoms with Gasteiger partial charge in [0.1, 0.15) is 48.5 Å². The van der Waals surface area contributed by atoms with Crippen molar-refractivity contribution in [1.29, 1.82) is 0 Å². The van der Waals surface area contributed by atoms with Gasteiger partial charge in [0.05, 0.1) is 10.5 Å². The molecule has 2 aromatic carbocycles. The number of nitrogens with zero attached hydrogens (tertiary/aromatic N) is 5. The molecule has 0 radical (unpaired) electrons. The van der Waals surface area contributed by atoms with Gasteiger partial charge >= 0.3 is 0 Å². The van der Waals surface area contributed by atoms with E-state index in [0.29, 0.717) is 11.1 Å². The highest BCUT2D eigenvalue weighted by Crippen LogP contribution is 2.33. The minimum Gasteiger partial charge on any atom is -0.361 e. The summed E-state index contributed by atoms with van der Waals surface area (Å²) in [6.07, 6.45) is 6.37. The molecule has 0 aliphatic carbocycles. The number of methoxy groups -OCH3 is 1. The number of likely N-dealkylation sites (N-methyl/N-ethyl adjacent to an activating group) is 2. The number of hydrogen-bond acceptors (Lipinski definition) is 10. The van der Waals surface area contributed by atoms with Crippen LogP contribution in [0.2, 0.25) is 0 Å². The Bertz CT molecular complexity index is 2610. The number of nitro groups is 1. The minimum atomic E-state index is -1.43. The van der Waals surface area contributed by atoms with Gasteiger partial charge in [-0.15, -0.1) is 6.58 Å². The van der Waals surface area contributed by atoms with Crippen molar-refractivity contribution in [3.63, 3.8) is 0 Å². The van der Waals surface area contributed by atoms with Crippen LogP contribution in [-0.4, -0.2) is 135 Å². The van der Waals surface area contributed by atoms with E-state index in [-0.39, 0.29) is 56.0 Å². The monoisotopic (exact) mass is 1020 g/mol. The lowest BCUT2D eigenvalue weighted by molar-refractivity contribution is -0.384. The second kappa shape index (κ2) is 24.9. The van der Waals surface area contributed by atoms with Gasteiger partial charge in [0.15, 0.2) is 0 Å². The zero-order valence-electron chi connectivity index (χ0n) is 45.0. The summed E-state index contributed by atoms with van der Waals surface area (Å²) in [7, 11) is 4.33. The number of carbonyl (C=O) groups excluding carboxylic acids is 7. The van der Waals surface area contributed by atoms with Gasteiger partial charge in [0, 0.05) is 69.2 Å². The second-order valence-electron chi connectivity index (χ2n) is 21.2. The average Bonchev–Trinajstić information content (AvgIpc) is 3.73. The molecule has 74 heavy (non-hydrogen) atoms. The zero-order valence-corrected chi connectivity index (χ0v) is 45.0. The van der Waals surface area contributed by atoms with Crippen LogP contribution in [0.15, 0.2) is 79.5 Å². The summed E-state index contributed by atoms with van der Waals surface area (Å²) in [6, 6.07) is 4.45. The average molecular weight is 1020 g/mol. The van der Waals surface area contributed by atoms with Crippen molar-refractivity contribution < 1.29 is 43.2 Å². The van der Waals surface area contributed by atoms with Crippen molar-refractivity contribution in [2.24, 2.45) is 17.8 Å². The Balaban J connectivity index is 1.72. The molecule has 4 N–H and O–H groups in total. The standard InChI is InChI=1S/C55H77N9O10/c1-14-16-23-40-47(65)59-42(30-37-31-62(55(9,10)15-2)43-24-18-17-22-39(37)43)52(70)60(11)44(25-32(3)4)49(67)58-41(29-36-20-19-21-38(28-36)64(72)73)48(66)56-35(8)51(69)61(12)46-27-34(7)54(74-13)63(53(46)71)45(26-33(5)6)50(68)57-40/h14-22,24,28,31-35,40-42,44-46,54H,2,23,25-27,29-30H2,1,3-13H3,(H,56,66)(H,57,68)(H,58,67)(H,59,65)/t34-,35-,40-,41-,42-,44-,45-,46-,54+/m0/s1. The number of fused-ring (bicyclic) bond motifs is 3. The van der Waals surface area contributed by atoms with E-state index in [0.717, 1.165) is 10.9 Å². The fourth-order valence-corrected chi connectivity index (χ4v) is 10.0. The molecule has 3 aromatic rings. The van der Waals surface area contributed by atoms with Crippen LogP contribution in [0.5, 0.6) is 0 Å². The number of nitrogens with one attached hydrogen (secondary N) is 4. The van der Waals surface area contributed by atoms with Crippen LogP contribution in [0.25, 0.3) is 10.9 Å². The molecule has 7 amide bonds. The van der Waals surface area contributed by atoms with Crippen molar-refractivity contribution in [1.82, 2.24) is 40.5 Å². The first kappa shape index (κ1) is 58.0. The molecule has 0 saturated carbocycles. The number of benzene rings is 2. The first-order valence-electron chi connectivity index (χ1n) is 25.5. The predicted molar refractivity (Wildman–Crippen MR) is 282 cm³/mol. The molecule has 9 atom stereocenters. The van der Waals surface area contributed by atoms with Gasteiger partial charge in [-0.05, 0) is 82.4 Å². The van der Waals surface area contributed by atoms with Gasteiger partial charge in [-0.2, -0.15) is 0 Å². The quantitative estimate of drug-likeness (QED) is 0.0942. The number of non-ortho nitro benzene ring substituents is 1. The number of rotatable bonds is 14. The van der Waals surface area contributed by atoms with Crippen LogP contribution >= 0.6 is 0 Å². The molecule has 2 aliphatic heterocycles. The lowest BCUT2D eigenvalue weighted by Gasteiger charge is -2.48. The lowest BCUT2D eigenvalue weighted by atomic mass is 9.88. The summed E-state index contributed by atoms with van der Waals surface area (Å²) in [5.41, 5.74) is 1.06. The van der Waals surface area contributed by atoms with Gasteiger partial charge in [0.25, 0.3) is 5.69 Å². The first-order valence-corrected chi connectivity index (χ1v) is 25.5. The molecular formula is C55H77N9O10. The molecule has 2 saturated heterocycles. The lowest BCUT2D eigenvalue weighted by Crippen LogP contribution is -2.66. The predicted octanol–water partition coefficient (Wildman–Crippen LogP) is 5.15. The van der Waals surface area contributed by atoms with E-state index in [1.165, 1.54) is 61.0 Å². The van der Waals surface area contributed by atoms with Gasteiger partial charge in [-0.25, -0.2) is 0 Å². The van der Waals surface area contributed by atoms with E-state index >= 15 is 4.79 Å². The first-order chi connectivity index (χ1) is 34.8. The fraction of sp³-hybridized carbons (Fsp3) is 0.545. The highest BCUT2D eigenvalue weighted by molar-refractivity contribution is 5.99. The largest absolute Gasteiger partial charge is 0.361 e. The Hall–Kier alpha value is -6.89. The van der Waals surface area contributed by atoms with Crippen LogP contribution in [0.4, 0.5) is 5.69 Å². The number of nitro benzene ring substituents is 1. The number of amides is 7. The maximum Gasteiger partial charge on any atom is 0.269 e. The molecule has 0 spiro atoms. The molecule has 2 fully saturated rings. The van der Waals surface area contributed by atoms with Crippen LogP contribution in [0.1, 0.15) is 99.1 Å². The van der Waals surface area contributed by atoms with E-state index < -0.39 is 106 Å². The highest BCUT2D eigenvalue weighted by atomic mass is 16.6. The third-order valence-corrected chi connectivity index (χ3v) is 14.2. The van der Waals surface area contributed by atoms with Crippen molar-refractivity contribution in [2.75, 3.05) is 21.2 Å². The topological polar surface area (TPSA) is 235 Å². The Morgan fingerprint density at radius 3 is 2.01 bits per heavy atom. The molecule has 3 heterocycles. The Labute approximate surface area is 435 Å². The number of piperidine rings is 1. The third kappa shape index (κ3) is 13.4. The van der Waals surface area contributed by atoms with Gasteiger partial charge in [-0.3, -0.25) is 43.7 Å². The molecule has 2 aliphatic rings. The summed E-state index contributed by atoms with van der Waals surface area (Å²) >= 11 is 0. The van der Waals surface area contributed by atoms with Crippen LogP contribution in [0, 0.1) is 27.9 Å². The van der Waals surface area contributed by atoms with Crippen LogP contribution in [-0.2, 0) is 56.7 Å². The summed E-state index contributed by atoms with van der Waals surface area (Å²) in [5, 5.41) is 24.1. The number of carbonyl (C=O) groups is 7. The van der Waals surface area contributed by atoms with Crippen molar-refractivity contribution in [3.05, 3.63) is 101 Å². The third-order valence-electron chi connectivity index (χ3n) is 14.2. The molecule has 19 nitrogen and oxygen atoms in total. The number of para-hydroxylation sites is 1. The second-order valence-corrected chi connectivity index (χ2v) is 21.2. The SMILES string of the molecule is C=CC(C)(C)n1cc(C[C@@H]2NC(=O)[C@H](CC=CC)NC(=O)[C@H](CC(C)C)N3C(=O)[C@H](C[C@H](C)[C@H]3OC)N(C)C(=O)[C@H](C)NC(=O)[C@H](Cc3cccc([N+](=O)[O-])c3)NC(=O)[C@H](CC(C)C)N(C)C2=O)c2ccccc21. The van der Waals surface area contributed by atoms with Crippen molar-refractivity contribution >= 4 is 57.9 Å². The maximum absolute atomic E-state index is 15.4. The van der Waals surface area contributed by atoms with E-state index in [9.17, 15) is 38.9 Å². The Kier molecular flexibility index (Phi) is 19.5. The molecule has 1 aromatic heterocycles. The zero-order chi connectivity index (χ0) is 54.9. The fourth-order valence-electron chi connectivity index (χ4n) is 10.0. The number of allylic oxidation sites excluding steroid dienone is 2. The summed E-state index contributed by atoms with van der Waals surface area (Å²) in [4.78, 5) is 119. The molecular weight excluding hydrogens is 947 g/mol. The Morgan fingerprint density at radius 2 is 1.39 bits per heavy atom. The Morgan fingerprint density at radius 1 is 0.784 bits per heavy atom. The minimum absolute atomic E-state index is 0.00717. The summed E-state index contributed by atoms with van der Waals surface area (Å²) < 4.78 is 7.97. The number of aromatic nitrogens is 1. The van der Waals surface area contributed by atoms with Crippen molar-refractivity contribution in [2.45, 2.75) is 155 Å². The summed E-state index contributed by atoms with van der Waals surface area (Å²) in [5.74, 6) is -5.51. The smallest absolute Gasteiger partial charge is 0.269 e. The summed E-state index contributed by atoms with van der Waals surface area (Å²) in [6.45, 7) is 20.6. The normalized spacial score (nSPS) is 25.5. The van der Waals surface area contributed by atoms with Gasteiger partial charge < -0.3 is 45.3 Å². The number of hydrogen-bond donors (Lipinski definition) is 4. The van der Waals surface area contributed by atoms with E-state index in [4.69, 9.17) is 4.74 Å². The van der Waals surface area contributed by atoms with Crippen LogP contribution in [0.3, 0.4) is 0 Å². The van der Waals surface area contributed by atoms with E-state index in [1.54, 1.807) is 31.2 Å². The molecule has 2 bridgehead atoms. The van der Waals surface area contributed by atoms with Crippen molar-refractivity contribution in [3.8, 4) is 0 Å². The van der Waals surface area contributed by atoms with Gasteiger partial charge in [0.2, 0.25) is 41.4 Å².